The number of aryl methyl sites for hydroxylation is 1. The maximum atomic E-state index is 12.1. The molecule has 9 heteroatoms. The van der Waals surface area contributed by atoms with Crippen molar-refractivity contribution in [3.8, 4) is 6.07 Å². The van der Waals surface area contributed by atoms with Gasteiger partial charge in [0.05, 0.1) is 5.56 Å². The molecule has 3 rings (SSSR count). The predicted octanol–water partition coefficient (Wildman–Crippen LogP) is 3.44. The number of anilines is 2. The zero-order valence-corrected chi connectivity index (χ0v) is 16.5. The minimum Gasteiger partial charge on any atom is -0.367 e. The molecule has 0 spiro atoms. The molecule has 0 radical (unpaired) electrons. The van der Waals surface area contributed by atoms with E-state index in [1.54, 1.807) is 36.8 Å². The molecule has 2 amide bonds. The quantitative estimate of drug-likeness (QED) is 0.407. The van der Waals surface area contributed by atoms with Gasteiger partial charge in [0.25, 0.3) is 0 Å². The zero-order chi connectivity index (χ0) is 20.5. The fraction of sp³-hybridized carbons (Fsp3) is 0.150. The monoisotopic (exact) mass is 405 g/mol. The van der Waals surface area contributed by atoms with Gasteiger partial charge in [0, 0.05) is 42.3 Å². The molecule has 2 aromatic heterocycles. The van der Waals surface area contributed by atoms with Crippen molar-refractivity contribution in [2.45, 2.75) is 17.0 Å². The Morgan fingerprint density at radius 3 is 2.66 bits per heavy atom. The molecule has 8 nitrogen and oxygen atoms in total. The Morgan fingerprint density at radius 1 is 1.10 bits per heavy atom. The van der Waals surface area contributed by atoms with Crippen LogP contribution in [0, 0.1) is 18.3 Å². The van der Waals surface area contributed by atoms with Gasteiger partial charge in [-0.3, -0.25) is 0 Å². The average molecular weight is 405 g/mol. The smallest absolute Gasteiger partial charge is 0.319 e. The van der Waals surface area contributed by atoms with Crippen molar-refractivity contribution in [2.75, 3.05) is 23.7 Å². The molecule has 0 aliphatic rings. The van der Waals surface area contributed by atoms with Gasteiger partial charge in [-0.1, -0.05) is 0 Å². The van der Waals surface area contributed by atoms with E-state index in [4.69, 9.17) is 5.26 Å². The van der Waals surface area contributed by atoms with E-state index < -0.39 is 0 Å². The van der Waals surface area contributed by atoms with Gasteiger partial charge in [0.1, 0.15) is 11.9 Å². The first-order valence-electron chi connectivity index (χ1n) is 8.85. The molecule has 0 aliphatic heterocycles. The largest absolute Gasteiger partial charge is 0.367 e. The second-order valence-electron chi connectivity index (χ2n) is 5.93. The van der Waals surface area contributed by atoms with E-state index in [2.05, 4.69) is 37.0 Å². The molecular formula is C20H19N7OS. The lowest BCUT2D eigenvalue weighted by molar-refractivity contribution is 0.252. The Labute approximate surface area is 172 Å². The maximum Gasteiger partial charge on any atom is 0.319 e. The van der Waals surface area contributed by atoms with Gasteiger partial charge in [0.2, 0.25) is 0 Å². The molecule has 0 atom stereocenters. The number of rotatable bonds is 7. The molecule has 2 heterocycles. The summed E-state index contributed by atoms with van der Waals surface area (Å²) >= 11 is 1.46. The Balaban J connectivity index is 1.47. The normalized spacial score (nSPS) is 10.1. The van der Waals surface area contributed by atoms with Crippen molar-refractivity contribution < 1.29 is 4.79 Å². The highest BCUT2D eigenvalue weighted by Crippen LogP contribution is 2.27. The number of pyridine rings is 1. The number of benzene rings is 1. The van der Waals surface area contributed by atoms with Gasteiger partial charge in [0.15, 0.2) is 5.16 Å². The molecule has 1 aromatic carbocycles. The number of nitrogens with zero attached hydrogens (tertiary/aromatic N) is 4. The van der Waals surface area contributed by atoms with E-state index in [1.165, 1.54) is 11.8 Å². The van der Waals surface area contributed by atoms with E-state index >= 15 is 0 Å². The zero-order valence-electron chi connectivity index (χ0n) is 15.7. The SMILES string of the molecule is Cc1cc(Sc2ncccn2)ccc1NC(=O)NCCNc1ncccc1C#N. The van der Waals surface area contributed by atoms with Crippen molar-refractivity contribution in [1.82, 2.24) is 20.3 Å². The summed E-state index contributed by atoms with van der Waals surface area (Å²) in [5, 5.41) is 18.4. The lowest BCUT2D eigenvalue weighted by atomic mass is 10.2. The van der Waals surface area contributed by atoms with E-state index in [0.717, 1.165) is 16.1 Å². The molecule has 0 saturated carbocycles. The van der Waals surface area contributed by atoms with Crippen LogP contribution in [0.3, 0.4) is 0 Å². The summed E-state index contributed by atoms with van der Waals surface area (Å²) in [5.74, 6) is 0.503. The number of amides is 2. The second kappa shape index (κ2) is 10.1. The number of urea groups is 1. The molecule has 0 bridgehead atoms. The lowest BCUT2D eigenvalue weighted by Gasteiger charge is -2.12. The second-order valence-corrected chi connectivity index (χ2v) is 6.97. The fourth-order valence-electron chi connectivity index (χ4n) is 2.44. The number of hydrogen-bond acceptors (Lipinski definition) is 7. The Bertz CT molecular complexity index is 1020. The molecule has 0 aliphatic carbocycles. The lowest BCUT2D eigenvalue weighted by Crippen LogP contribution is -2.33. The van der Waals surface area contributed by atoms with Crippen LogP contribution in [-0.4, -0.2) is 34.1 Å². The van der Waals surface area contributed by atoms with Crippen molar-refractivity contribution in [1.29, 1.82) is 5.26 Å². The standard InChI is InChI=1S/C20H19N7OS/c1-14-12-16(29-20-25-8-3-9-26-20)5-6-17(14)27-19(28)24-11-10-23-18-15(13-21)4-2-7-22-18/h2-9,12H,10-11H2,1H3,(H,22,23)(H2,24,27,28). The van der Waals surface area contributed by atoms with Gasteiger partial charge in [-0.15, -0.1) is 0 Å². The summed E-state index contributed by atoms with van der Waals surface area (Å²) in [6.07, 6.45) is 5.01. The van der Waals surface area contributed by atoms with Crippen LogP contribution < -0.4 is 16.0 Å². The average Bonchev–Trinajstić information content (AvgIpc) is 2.74. The molecule has 3 aromatic rings. The van der Waals surface area contributed by atoms with Gasteiger partial charge >= 0.3 is 6.03 Å². The summed E-state index contributed by atoms with van der Waals surface area (Å²) in [6, 6.07) is 12.7. The highest BCUT2D eigenvalue weighted by molar-refractivity contribution is 7.99. The molecule has 29 heavy (non-hydrogen) atoms. The maximum absolute atomic E-state index is 12.1. The van der Waals surface area contributed by atoms with Crippen LogP contribution in [0.4, 0.5) is 16.3 Å². The number of aromatic nitrogens is 3. The summed E-state index contributed by atoms with van der Waals surface area (Å²) in [7, 11) is 0. The topological polar surface area (TPSA) is 116 Å². The third-order valence-corrected chi connectivity index (χ3v) is 4.71. The summed E-state index contributed by atoms with van der Waals surface area (Å²) in [5.41, 5.74) is 2.13. The highest BCUT2D eigenvalue weighted by atomic mass is 32.2. The van der Waals surface area contributed by atoms with E-state index in [-0.39, 0.29) is 6.03 Å². The van der Waals surface area contributed by atoms with Crippen molar-refractivity contribution >= 4 is 29.3 Å². The summed E-state index contributed by atoms with van der Waals surface area (Å²) in [4.78, 5) is 25.6. The first kappa shape index (κ1) is 20.1. The van der Waals surface area contributed by atoms with Crippen LogP contribution in [-0.2, 0) is 0 Å². The van der Waals surface area contributed by atoms with Crippen LogP contribution in [0.25, 0.3) is 0 Å². The first-order valence-corrected chi connectivity index (χ1v) is 9.67. The third kappa shape index (κ3) is 5.92. The fourth-order valence-corrected chi connectivity index (χ4v) is 3.25. The van der Waals surface area contributed by atoms with Gasteiger partial charge in [-0.05, 0) is 60.6 Å². The molecule has 0 saturated heterocycles. The minimum atomic E-state index is -0.303. The number of carbonyl (C=O) groups excluding carboxylic acids is 1. The van der Waals surface area contributed by atoms with Crippen LogP contribution in [0.15, 0.2) is 65.0 Å². The molecule has 3 N–H and O–H groups in total. The Hall–Kier alpha value is -3.64. The highest BCUT2D eigenvalue weighted by Gasteiger charge is 2.07. The van der Waals surface area contributed by atoms with E-state index in [1.807, 2.05) is 25.1 Å². The van der Waals surface area contributed by atoms with Gasteiger partial charge < -0.3 is 16.0 Å². The van der Waals surface area contributed by atoms with Crippen LogP contribution in [0.2, 0.25) is 0 Å². The number of hydrogen-bond donors (Lipinski definition) is 3. The van der Waals surface area contributed by atoms with E-state index in [0.29, 0.717) is 29.6 Å². The third-order valence-electron chi connectivity index (χ3n) is 3.83. The van der Waals surface area contributed by atoms with Crippen molar-refractivity contribution in [2.24, 2.45) is 0 Å². The molecule has 146 valence electrons. The predicted molar refractivity (Wildman–Crippen MR) is 112 cm³/mol. The summed E-state index contributed by atoms with van der Waals surface area (Å²) < 4.78 is 0. The van der Waals surface area contributed by atoms with Gasteiger partial charge in [-0.25, -0.2) is 19.7 Å². The minimum absolute atomic E-state index is 0.303. The van der Waals surface area contributed by atoms with Gasteiger partial charge in [-0.2, -0.15) is 5.26 Å². The van der Waals surface area contributed by atoms with Crippen LogP contribution in [0.5, 0.6) is 0 Å². The first-order chi connectivity index (χ1) is 14.2. The molecular weight excluding hydrogens is 386 g/mol. The number of nitrogens with one attached hydrogen (secondary N) is 3. The Morgan fingerprint density at radius 2 is 1.90 bits per heavy atom. The molecule has 0 fully saturated rings. The van der Waals surface area contributed by atoms with Crippen LogP contribution in [0.1, 0.15) is 11.1 Å². The van der Waals surface area contributed by atoms with Crippen molar-refractivity contribution in [3.63, 3.8) is 0 Å². The van der Waals surface area contributed by atoms with Crippen LogP contribution >= 0.6 is 11.8 Å². The Kier molecular flexibility index (Phi) is 6.97. The van der Waals surface area contributed by atoms with E-state index in [9.17, 15) is 4.79 Å². The van der Waals surface area contributed by atoms with Crippen molar-refractivity contribution in [3.05, 3.63) is 66.1 Å². The molecule has 0 unspecified atom stereocenters. The number of nitriles is 1. The summed E-state index contributed by atoms with van der Waals surface area (Å²) in [6.45, 7) is 2.76. The number of carbonyl (C=O) groups is 1.